The van der Waals surface area contributed by atoms with Gasteiger partial charge in [-0.2, -0.15) is 0 Å². The Morgan fingerprint density at radius 2 is 2.26 bits per heavy atom. The number of amides is 1. The highest BCUT2D eigenvalue weighted by atomic mass is 19.1. The number of carbonyl (C=O) groups excluding carboxylic acids is 1. The van der Waals surface area contributed by atoms with E-state index in [9.17, 15) is 14.3 Å². The van der Waals surface area contributed by atoms with Gasteiger partial charge in [0.15, 0.2) is 0 Å². The molecule has 1 fully saturated rings. The number of aliphatic hydroxyl groups is 1. The number of piperidine rings is 1. The zero-order valence-corrected chi connectivity index (χ0v) is 15.9. The van der Waals surface area contributed by atoms with Crippen LogP contribution in [0.2, 0.25) is 0 Å². The second-order valence-corrected chi connectivity index (χ2v) is 7.31. The monoisotopic (exact) mass is 376 g/mol. The summed E-state index contributed by atoms with van der Waals surface area (Å²) in [4.78, 5) is 14.4. The van der Waals surface area contributed by atoms with Crippen LogP contribution < -0.4 is 4.74 Å². The lowest BCUT2D eigenvalue weighted by atomic mass is 9.90. The first-order valence-electron chi connectivity index (χ1n) is 9.10. The van der Waals surface area contributed by atoms with Crippen LogP contribution in [0.5, 0.6) is 5.75 Å². The van der Waals surface area contributed by atoms with Gasteiger partial charge >= 0.3 is 0 Å². The van der Waals surface area contributed by atoms with Crippen LogP contribution in [0.25, 0.3) is 0 Å². The summed E-state index contributed by atoms with van der Waals surface area (Å²) in [5.41, 5.74) is 0.666. The van der Waals surface area contributed by atoms with Gasteiger partial charge in [-0.15, -0.1) is 0 Å². The number of halogens is 1. The molecule has 1 aromatic heterocycles. The van der Waals surface area contributed by atoms with E-state index in [1.807, 2.05) is 13.8 Å². The average molecular weight is 376 g/mol. The number of ether oxygens (including phenoxy) is 1. The van der Waals surface area contributed by atoms with Gasteiger partial charge < -0.3 is 19.3 Å². The third kappa shape index (κ3) is 4.47. The second kappa shape index (κ2) is 7.68. The highest BCUT2D eigenvalue weighted by Crippen LogP contribution is 2.27. The van der Waals surface area contributed by atoms with Crippen LogP contribution >= 0.6 is 0 Å². The van der Waals surface area contributed by atoms with E-state index in [-0.39, 0.29) is 12.5 Å². The van der Waals surface area contributed by atoms with Crippen LogP contribution in [-0.4, -0.2) is 45.9 Å². The van der Waals surface area contributed by atoms with Gasteiger partial charge in [0.05, 0.1) is 12.2 Å². The maximum Gasteiger partial charge on any atom is 0.223 e. The van der Waals surface area contributed by atoms with E-state index in [0.29, 0.717) is 31.6 Å². The van der Waals surface area contributed by atoms with Crippen molar-refractivity contribution in [3.05, 3.63) is 47.1 Å². The molecule has 27 heavy (non-hydrogen) atoms. The predicted octanol–water partition coefficient (Wildman–Crippen LogP) is 2.79. The lowest BCUT2D eigenvalue weighted by Crippen LogP contribution is -2.57. The molecule has 0 bridgehead atoms. The maximum atomic E-state index is 13.4. The molecule has 1 aliphatic rings. The summed E-state index contributed by atoms with van der Waals surface area (Å²) >= 11 is 0. The zero-order chi connectivity index (χ0) is 19.6. The minimum absolute atomic E-state index is 0.0154. The fraction of sp³-hybridized carbons (Fsp3) is 0.500. The fourth-order valence-electron chi connectivity index (χ4n) is 3.35. The molecular formula is C20H25FN2O4. The van der Waals surface area contributed by atoms with Crippen molar-refractivity contribution in [2.24, 2.45) is 0 Å². The summed E-state index contributed by atoms with van der Waals surface area (Å²) in [5, 5.41) is 14.5. The lowest BCUT2D eigenvalue weighted by molar-refractivity contribution is -0.143. The number of carbonyl (C=O) groups is 1. The van der Waals surface area contributed by atoms with Crippen molar-refractivity contribution in [3.8, 4) is 5.75 Å². The molecule has 1 N–H and O–H groups in total. The number of aryl methyl sites for hydroxylation is 2. The third-order valence-electron chi connectivity index (χ3n) is 5.16. The molecule has 7 heteroatoms. The van der Waals surface area contributed by atoms with Crippen molar-refractivity contribution >= 4 is 5.91 Å². The zero-order valence-electron chi connectivity index (χ0n) is 15.9. The van der Waals surface area contributed by atoms with Crippen LogP contribution in [0.4, 0.5) is 4.39 Å². The number of benzene rings is 1. The first kappa shape index (κ1) is 19.4. The molecule has 6 nitrogen and oxygen atoms in total. The molecule has 1 saturated heterocycles. The minimum atomic E-state index is -1.09. The standard InChI is InChI=1S/C20H25FN2O4/c1-13-17(14(2)27-22-13)7-8-19(24)23-10-9-20(3,25)18(12-23)26-16-6-4-5-15(21)11-16/h4-6,11,18,25H,7-10,12H2,1-3H3/t18-,20-/m0/s1. The van der Waals surface area contributed by atoms with Crippen molar-refractivity contribution in [2.45, 2.75) is 51.7 Å². The van der Waals surface area contributed by atoms with Gasteiger partial charge in [-0.25, -0.2) is 4.39 Å². The first-order valence-corrected chi connectivity index (χ1v) is 9.10. The Balaban J connectivity index is 1.64. The molecule has 2 heterocycles. The molecule has 1 amide bonds. The summed E-state index contributed by atoms with van der Waals surface area (Å²) < 4.78 is 24.3. The third-order valence-corrected chi connectivity index (χ3v) is 5.16. The summed E-state index contributed by atoms with van der Waals surface area (Å²) in [7, 11) is 0. The maximum absolute atomic E-state index is 13.4. The van der Waals surface area contributed by atoms with Gasteiger partial charge in [0.25, 0.3) is 0 Å². The smallest absolute Gasteiger partial charge is 0.223 e. The Bertz CT molecular complexity index is 799. The Kier molecular flexibility index (Phi) is 5.51. The van der Waals surface area contributed by atoms with Gasteiger partial charge in [0.1, 0.15) is 29.0 Å². The SMILES string of the molecule is Cc1noc(C)c1CCC(=O)N1CC[C@](C)(O)[C@@H](Oc2cccc(F)c2)C1. The van der Waals surface area contributed by atoms with E-state index < -0.39 is 17.5 Å². The molecule has 2 atom stereocenters. The van der Waals surface area contributed by atoms with E-state index in [0.717, 1.165) is 17.0 Å². The largest absolute Gasteiger partial charge is 0.485 e. The number of likely N-dealkylation sites (tertiary alicyclic amines) is 1. The van der Waals surface area contributed by atoms with Crippen molar-refractivity contribution < 1.29 is 23.6 Å². The quantitative estimate of drug-likeness (QED) is 0.868. The van der Waals surface area contributed by atoms with E-state index in [1.54, 1.807) is 24.0 Å². The van der Waals surface area contributed by atoms with E-state index in [1.165, 1.54) is 12.1 Å². The molecule has 0 unspecified atom stereocenters. The van der Waals surface area contributed by atoms with Gasteiger partial charge in [-0.05, 0) is 45.7 Å². The van der Waals surface area contributed by atoms with Gasteiger partial charge in [0.2, 0.25) is 5.91 Å². The molecule has 1 aromatic carbocycles. The van der Waals surface area contributed by atoms with E-state index in [4.69, 9.17) is 9.26 Å². The molecule has 0 spiro atoms. The molecule has 3 rings (SSSR count). The first-order chi connectivity index (χ1) is 12.8. The Morgan fingerprint density at radius 1 is 1.48 bits per heavy atom. The Morgan fingerprint density at radius 3 is 2.93 bits per heavy atom. The molecule has 1 aliphatic heterocycles. The van der Waals surface area contributed by atoms with Crippen LogP contribution in [0.1, 0.15) is 36.8 Å². The van der Waals surface area contributed by atoms with Crippen LogP contribution in [-0.2, 0) is 11.2 Å². The highest BCUT2D eigenvalue weighted by Gasteiger charge is 2.40. The van der Waals surface area contributed by atoms with E-state index >= 15 is 0 Å². The molecular weight excluding hydrogens is 351 g/mol. The Labute approximate surface area is 157 Å². The fourth-order valence-corrected chi connectivity index (χ4v) is 3.35. The molecule has 0 saturated carbocycles. The van der Waals surface area contributed by atoms with Crippen molar-refractivity contribution in [1.82, 2.24) is 10.1 Å². The molecule has 2 aromatic rings. The number of hydrogen-bond donors (Lipinski definition) is 1. The molecule has 0 radical (unpaired) electrons. The predicted molar refractivity (Wildman–Crippen MR) is 96.9 cm³/mol. The van der Waals surface area contributed by atoms with Crippen molar-refractivity contribution in [2.75, 3.05) is 13.1 Å². The highest BCUT2D eigenvalue weighted by molar-refractivity contribution is 5.76. The normalized spacial score (nSPS) is 22.7. The number of aromatic nitrogens is 1. The summed E-state index contributed by atoms with van der Waals surface area (Å²) in [5.74, 6) is 0.646. The molecule has 146 valence electrons. The van der Waals surface area contributed by atoms with Crippen LogP contribution in [0.15, 0.2) is 28.8 Å². The summed E-state index contributed by atoms with van der Waals surface area (Å²) in [6.07, 6.45) is 0.653. The van der Waals surface area contributed by atoms with Crippen molar-refractivity contribution in [1.29, 1.82) is 0 Å². The minimum Gasteiger partial charge on any atom is -0.485 e. The van der Waals surface area contributed by atoms with Gasteiger partial charge in [0, 0.05) is 24.6 Å². The van der Waals surface area contributed by atoms with Crippen LogP contribution in [0, 0.1) is 19.7 Å². The topological polar surface area (TPSA) is 75.8 Å². The number of rotatable bonds is 5. The lowest BCUT2D eigenvalue weighted by Gasteiger charge is -2.42. The van der Waals surface area contributed by atoms with Crippen molar-refractivity contribution in [3.63, 3.8) is 0 Å². The van der Waals surface area contributed by atoms with Crippen LogP contribution in [0.3, 0.4) is 0 Å². The summed E-state index contributed by atoms with van der Waals surface area (Å²) in [6, 6.07) is 5.79. The van der Waals surface area contributed by atoms with Gasteiger partial charge in [-0.1, -0.05) is 11.2 Å². The van der Waals surface area contributed by atoms with E-state index in [2.05, 4.69) is 5.16 Å². The number of nitrogens with zero attached hydrogens (tertiary/aromatic N) is 2. The van der Waals surface area contributed by atoms with Gasteiger partial charge in [-0.3, -0.25) is 4.79 Å². The second-order valence-electron chi connectivity index (χ2n) is 7.31. The molecule has 0 aliphatic carbocycles. The summed E-state index contributed by atoms with van der Waals surface area (Å²) in [6.45, 7) is 6.08. The number of hydrogen-bond acceptors (Lipinski definition) is 5. The Hall–Kier alpha value is -2.41. The average Bonchev–Trinajstić information content (AvgIpc) is 2.93.